The van der Waals surface area contributed by atoms with Crippen LogP contribution in [0.4, 0.5) is 5.69 Å². The van der Waals surface area contributed by atoms with Crippen LogP contribution in [0, 0.1) is 5.92 Å². The Morgan fingerprint density at radius 1 is 1.47 bits per heavy atom. The second-order valence-corrected chi connectivity index (χ2v) is 4.10. The molecule has 1 aromatic rings. The minimum Gasteiger partial charge on any atom is -0.545 e. The van der Waals surface area contributed by atoms with Crippen molar-refractivity contribution < 1.29 is 9.90 Å². The molecule has 0 amide bonds. The third kappa shape index (κ3) is 2.98. The number of anilines is 1. The average molecular weight is 206 g/mol. The van der Waals surface area contributed by atoms with E-state index in [-0.39, 0.29) is 5.56 Å². The Morgan fingerprint density at radius 2 is 2.13 bits per heavy atom. The van der Waals surface area contributed by atoms with Crippen molar-refractivity contribution in [1.29, 1.82) is 0 Å². The lowest BCUT2D eigenvalue weighted by Crippen LogP contribution is -2.24. The Bertz CT molecular complexity index is 359. The summed E-state index contributed by atoms with van der Waals surface area (Å²) in [5, 5.41) is 10.7. The standard InChI is InChI=1S/C12H17NO2/c1-8(2)6-7-9-4-3-5-10(11(9)13)12(14)15/h3-5,8H,6-7,13H2,1-2H3,(H,14,15)/p-1. The number of hydrogen-bond acceptors (Lipinski definition) is 3. The molecule has 0 saturated heterocycles. The van der Waals surface area contributed by atoms with Crippen molar-refractivity contribution in [1.82, 2.24) is 0 Å². The molecule has 0 aliphatic heterocycles. The molecule has 0 radical (unpaired) electrons. The molecule has 2 N–H and O–H groups in total. The molecule has 3 heteroatoms. The van der Waals surface area contributed by atoms with E-state index in [9.17, 15) is 9.90 Å². The van der Waals surface area contributed by atoms with Crippen molar-refractivity contribution in [2.24, 2.45) is 5.92 Å². The molecule has 15 heavy (non-hydrogen) atoms. The fourth-order valence-corrected chi connectivity index (χ4v) is 1.45. The monoisotopic (exact) mass is 206 g/mol. The molecule has 0 bridgehead atoms. The van der Waals surface area contributed by atoms with Crippen molar-refractivity contribution in [3.63, 3.8) is 0 Å². The van der Waals surface area contributed by atoms with E-state index in [4.69, 9.17) is 5.73 Å². The topological polar surface area (TPSA) is 66.1 Å². The molecule has 0 aliphatic rings. The zero-order valence-electron chi connectivity index (χ0n) is 9.12. The van der Waals surface area contributed by atoms with Crippen LogP contribution in [0.25, 0.3) is 0 Å². The van der Waals surface area contributed by atoms with Crippen LogP contribution >= 0.6 is 0 Å². The third-order valence-corrected chi connectivity index (χ3v) is 2.41. The number of carboxylic acid groups (broad SMARTS) is 1. The van der Waals surface area contributed by atoms with Crippen molar-refractivity contribution in [3.05, 3.63) is 29.3 Å². The number of para-hydroxylation sites is 1. The zero-order valence-corrected chi connectivity index (χ0v) is 9.12. The van der Waals surface area contributed by atoms with Crippen LogP contribution in [0.15, 0.2) is 18.2 Å². The van der Waals surface area contributed by atoms with Gasteiger partial charge in [-0.3, -0.25) is 0 Å². The van der Waals surface area contributed by atoms with Gasteiger partial charge in [-0.15, -0.1) is 0 Å². The summed E-state index contributed by atoms with van der Waals surface area (Å²) in [6, 6.07) is 5.05. The number of nitrogen functional groups attached to an aromatic ring is 1. The van der Waals surface area contributed by atoms with Crippen molar-refractivity contribution in [3.8, 4) is 0 Å². The number of aryl methyl sites for hydroxylation is 1. The Hall–Kier alpha value is -1.51. The maximum Gasteiger partial charge on any atom is 0.0736 e. The molecule has 82 valence electrons. The summed E-state index contributed by atoms with van der Waals surface area (Å²) in [5.41, 5.74) is 7.08. The van der Waals surface area contributed by atoms with Crippen LogP contribution in [0.1, 0.15) is 36.2 Å². The van der Waals surface area contributed by atoms with E-state index < -0.39 is 5.97 Å². The summed E-state index contributed by atoms with van der Waals surface area (Å²) < 4.78 is 0. The Morgan fingerprint density at radius 3 is 2.67 bits per heavy atom. The molecule has 0 aliphatic carbocycles. The number of rotatable bonds is 4. The number of carboxylic acids is 1. The normalized spacial score (nSPS) is 10.6. The lowest BCUT2D eigenvalue weighted by Gasteiger charge is -2.12. The zero-order chi connectivity index (χ0) is 11.4. The summed E-state index contributed by atoms with van der Waals surface area (Å²) in [4.78, 5) is 10.7. The molecule has 0 spiro atoms. The van der Waals surface area contributed by atoms with E-state index in [0.29, 0.717) is 11.6 Å². The number of carbonyl (C=O) groups excluding carboxylic acids is 1. The first-order valence-corrected chi connectivity index (χ1v) is 5.11. The van der Waals surface area contributed by atoms with Gasteiger partial charge in [0.05, 0.1) is 5.97 Å². The first kappa shape index (κ1) is 11.6. The van der Waals surface area contributed by atoms with E-state index in [1.54, 1.807) is 6.07 Å². The second kappa shape index (κ2) is 4.82. The van der Waals surface area contributed by atoms with Gasteiger partial charge in [-0.05, 0) is 24.3 Å². The minimum absolute atomic E-state index is 0.0938. The Balaban J connectivity index is 2.89. The molecule has 0 saturated carbocycles. The molecule has 0 aromatic heterocycles. The highest BCUT2D eigenvalue weighted by molar-refractivity contribution is 5.92. The second-order valence-electron chi connectivity index (χ2n) is 4.10. The highest BCUT2D eigenvalue weighted by atomic mass is 16.4. The van der Waals surface area contributed by atoms with E-state index in [1.165, 1.54) is 6.07 Å². The maximum atomic E-state index is 10.7. The van der Waals surface area contributed by atoms with Crippen molar-refractivity contribution >= 4 is 11.7 Å². The van der Waals surface area contributed by atoms with Gasteiger partial charge < -0.3 is 15.6 Å². The Labute approximate surface area is 89.9 Å². The molecule has 1 aromatic carbocycles. The molecule has 0 atom stereocenters. The highest BCUT2D eigenvalue weighted by Gasteiger charge is 2.06. The molecular formula is C12H16NO2-. The molecule has 3 nitrogen and oxygen atoms in total. The van der Waals surface area contributed by atoms with E-state index in [0.717, 1.165) is 18.4 Å². The van der Waals surface area contributed by atoms with Gasteiger partial charge in [0.15, 0.2) is 0 Å². The summed E-state index contributed by atoms with van der Waals surface area (Å²) in [5.74, 6) is -0.630. The smallest absolute Gasteiger partial charge is 0.0736 e. The van der Waals surface area contributed by atoms with Gasteiger partial charge >= 0.3 is 0 Å². The third-order valence-electron chi connectivity index (χ3n) is 2.41. The number of hydrogen-bond donors (Lipinski definition) is 1. The molecule has 0 fully saturated rings. The SMILES string of the molecule is CC(C)CCc1cccc(C(=O)[O-])c1N. The first-order valence-electron chi connectivity index (χ1n) is 5.11. The lowest BCUT2D eigenvalue weighted by atomic mass is 9.99. The summed E-state index contributed by atoms with van der Waals surface area (Å²) >= 11 is 0. The maximum absolute atomic E-state index is 10.7. The van der Waals surface area contributed by atoms with Crippen LogP contribution in [0.5, 0.6) is 0 Å². The summed E-state index contributed by atoms with van der Waals surface area (Å²) in [7, 11) is 0. The highest BCUT2D eigenvalue weighted by Crippen LogP contribution is 2.19. The van der Waals surface area contributed by atoms with E-state index in [2.05, 4.69) is 13.8 Å². The first-order chi connectivity index (χ1) is 7.02. The van der Waals surface area contributed by atoms with Crippen LogP contribution in [0.2, 0.25) is 0 Å². The van der Waals surface area contributed by atoms with E-state index >= 15 is 0 Å². The molecule has 1 rings (SSSR count). The van der Waals surface area contributed by atoms with Gasteiger partial charge in [-0.2, -0.15) is 0 Å². The largest absolute Gasteiger partial charge is 0.545 e. The molecular weight excluding hydrogens is 190 g/mol. The van der Waals surface area contributed by atoms with Crippen molar-refractivity contribution in [2.45, 2.75) is 26.7 Å². The number of aromatic carboxylic acids is 1. The molecule has 0 heterocycles. The average Bonchev–Trinajstić information content (AvgIpc) is 2.15. The predicted octanol–water partition coefficient (Wildman–Crippen LogP) is 1.22. The number of carbonyl (C=O) groups is 1. The minimum atomic E-state index is -1.21. The number of nitrogens with two attached hydrogens (primary N) is 1. The Kier molecular flexibility index (Phi) is 3.72. The quantitative estimate of drug-likeness (QED) is 0.753. The van der Waals surface area contributed by atoms with Crippen LogP contribution in [-0.4, -0.2) is 5.97 Å². The van der Waals surface area contributed by atoms with Gasteiger partial charge in [-0.25, -0.2) is 0 Å². The van der Waals surface area contributed by atoms with E-state index in [1.807, 2.05) is 6.07 Å². The number of benzene rings is 1. The van der Waals surface area contributed by atoms with Crippen LogP contribution in [-0.2, 0) is 6.42 Å². The lowest BCUT2D eigenvalue weighted by molar-refractivity contribution is -0.254. The summed E-state index contributed by atoms with van der Waals surface area (Å²) in [6.07, 6.45) is 1.81. The van der Waals surface area contributed by atoms with Gasteiger partial charge in [0.25, 0.3) is 0 Å². The summed E-state index contributed by atoms with van der Waals surface area (Å²) in [6.45, 7) is 4.25. The van der Waals surface area contributed by atoms with Crippen LogP contribution < -0.4 is 10.8 Å². The predicted molar refractivity (Wildman–Crippen MR) is 58.3 cm³/mol. The van der Waals surface area contributed by atoms with Crippen LogP contribution in [0.3, 0.4) is 0 Å². The molecule has 0 unspecified atom stereocenters. The fourth-order valence-electron chi connectivity index (χ4n) is 1.45. The van der Waals surface area contributed by atoms with Crippen molar-refractivity contribution in [2.75, 3.05) is 5.73 Å². The van der Waals surface area contributed by atoms with Gasteiger partial charge in [0, 0.05) is 11.3 Å². The van der Waals surface area contributed by atoms with Gasteiger partial charge in [0.1, 0.15) is 0 Å². The fraction of sp³-hybridized carbons (Fsp3) is 0.417. The van der Waals surface area contributed by atoms with Gasteiger partial charge in [0.2, 0.25) is 0 Å². The van der Waals surface area contributed by atoms with Gasteiger partial charge in [-0.1, -0.05) is 32.0 Å².